The van der Waals surface area contributed by atoms with Crippen molar-refractivity contribution < 1.29 is 0 Å². The molecule has 0 aliphatic heterocycles. The predicted molar refractivity (Wildman–Crippen MR) is 259 cm³/mol. The molecule has 60 heavy (non-hydrogen) atoms. The standard InChI is InChI=1S/C58H54N2/c1-7-46-16-28-53(29-17-46)59(57-36-14-42(3)38-44(57)5)55-32-24-51(25-33-55)49-20-22-50(23-21-49)52-26-34-56(35-27-52)60(58-37-15-43(4)39-45(58)6)54-30-18-47(19-31-54)11-9-13-48-12-8-10-41(2)40-48/h8-12,14-40H,7,13H2,1-6H3/b11-9-. The van der Waals surface area contributed by atoms with Gasteiger partial charge in [-0.15, -0.1) is 0 Å². The van der Waals surface area contributed by atoms with Crippen molar-refractivity contribution >= 4 is 40.2 Å². The Bertz CT molecular complexity index is 2720. The topological polar surface area (TPSA) is 6.48 Å². The summed E-state index contributed by atoms with van der Waals surface area (Å²) in [7, 11) is 0. The minimum atomic E-state index is 0.920. The van der Waals surface area contributed by atoms with Gasteiger partial charge in [-0.25, -0.2) is 0 Å². The number of aryl methyl sites for hydroxylation is 6. The van der Waals surface area contributed by atoms with Crippen molar-refractivity contribution in [3.63, 3.8) is 0 Å². The van der Waals surface area contributed by atoms with Gasteiger partial charge in [0.25, 0.3) is 0 Å². The average molecular weight is 779 g/mol. The number of benzene rings is 8. The zero-order valence-corrected chi connectivity index (χ0v) is 35.8. The molecule has 0 aromatic heterocycles. The highest BCUT2D eigenvalue weighted by atomic mass is 15.1. The molecule has 8 aromatic carbocycles. The van der Waals surface area contributed by atoms with Gasteiger partial charge >= 0.3 is 0 Å². The maximum absolute atomic E-state index is 2.37. The zero-order chi connectivity index (χ0) is 41.6. The van der Waals surface area contributed by atoms with Crippen LogP contribution < -0.4 is 9.80 Å². The van der Waals surface area contributed by atoms with Crippen molar-refractivity contribution in [1.29, 1.82) is 0 Å². The molecule has 0 spiro atoms. The fourth-order valence-electron chi connectivity index (χ4n) is 8.21. The summed E-state index contributed by atoms with van der Waals surface area (Å²) in [5.41, 5.74) is 21.9. The molecule has 0 saturated carbocycles. The smallest absolute Gasteiger partial charge is 0.0490 e. The number of rotatable bonds is 12. The lowest BCUT2D eigenvalue weighted by atomic mass is 9.99. The van der Waals surface area contributed by atoms with Crippen LogP contribution in [0.1, 0.15) is 51.4 Å². The zero-order valence-electron chi connectivity index (χ0n) is 35.8. The van der Waals surface area contributed by atoms with Crippen molar-refractivity contribution in [2.75, 3.05) is 9.80 Å². The van der Waals surface area contributed by atoms with Crippen LogP contribution in [0.4, 0.5) is 34.1 Å². The maximum atomic E-state index is 2.37. The first-order valence-electron chi connectivity index (χ1n) is 21.2. The van der Waals surface area contributed by atoms with E-state index < -0.39 is 0 Å². The second-order valence-electron chi connectivity index (χ2n) is 16.1. The molecule has 0 N–H and O–H groups in total. The van der Waals surface area contributed by atoms with Crippen molar-refractivity contribution in [3.05, 3.63) is 233 Å². The first-order valence-corrected chi connectivity index (χ1v) is 21.2. The van der Waals surface area contributed by atoms with Gasteiger partial charge in [-0.05, 0) is 158 Å². The summed E-state index contributed by atoms with van der Waals surface area (Å²) in [6.45, 7) is 13.1. The van der Waals surface area contributed by atoms with E-state index in [1.807, 2.05) is 0 Å². The molecular formula is C58H54N2. The van der Waals surface area contributed by atoms with E-state index in [9.17, 15) is 0 Å². The molecule has 0 amide bonds. The van der Waals surface area contributed by atoms with Crippen LogP contribution in [0, 0.1) is 34.6 Å². The van der Waals surface area contributed by atoms with Crippen LogP contribution in [-0.2, 0) is 12.8 Å². The maximum Gasteiger partial charge on any atom is 0.0490 e. The molecule has 8 rings (SSSR count). The van der Waals surface area contributed by atoms with E-state index in [-0.39, 0.29) is 0 Å². The Balaban J connectivity index is 1.02. The number of hydrogen-bond acceptors (Lipinski definition) is 2. The average Bonchev–Trinajstić information content (AvgIpc) is 3.27. The lowest BCUT2D eigenvalue weighted by molar-refractivity contribution is 1.13. The van der Waals surface area contributed by atoms with Crippen molar-refractivity contribution in [2.24, 2.45) is 0 Å². The first-order chi connectivity index (χ1) is 29.2. The fourth-order valence-corrected chi connectivity index (χ4v) is 8.21. The van der Waals surface area contributed by atoms with E-state index >= 15 is 0 Å². The SMILES string of the molecule is CCc1ccc(N(c2ccc(-c3ccc(-c4ccc(N(c5ccc(/C=C\Cc6cccc(C)c6)cc5)c5ccc(C)cc5C)cc4)cc3)cc2)c2ccc(C)cc2C)cc1. The summed E-state index contributed by atoms with van der Waals surface area (Å²) in [5, 5.41) is 0. The minimum Gasteiger partial charge on any atom is -0.310 e. The molecular weight excluding hydrogens is 725 g/mol. The highest BCUT2D eigenvalue weighted by molar-refractivity contribution is 5.82. The first kappa shape index (κ1) is 39.9. The molecule has 0 aliphatic carbocycles. The van der Waals surface area contributed by atoms with Crippen LogP contribution in [0.5, 0.6) is 0 Å². The van der Waals surface area contributed by atoms with Gasteiger partial charge in [-0.3, -0.25) is 0 Å². The molecule has 0 bridgehead atoms. The minimum absolute atomic E-state index is 0.920. The third-order valence-corrected chi connectivity index (χ3v) is 11.5. The number of nitrogens with zero attached hydrogens (tertiary/aromatic N) is 2. The van der Waals surface area contributed by atoms with E-state index in [0.717, 1.165) is 35.6 Å². The van der Waals surface area contributed by atoms with Gasteiger partial charge in [-0.2, -0.15) is 0 Å². The molecule has 296 valence electrons. The van der Waals surface area contributed by atoms with E-state index in [1.54, 1.807) is 0 Å². The van der Waals surface area contributed by atoms with E-state index in [4.69, 9.17) is 0 Å². The summed E-state index contributed by atoms with van der Waals surface area (Å²) < 4.78 is 0. The fraction of sp³-hybridized carbons (Fsp3) is 0.138. The number of allylic oxidation sites excluding steroid dienone is 1. The quantitative estimate of drug-likeness (QED) is 0.122. The van der Waals surface area contributed by atoms with Gasteiger partial charge in [0.15, 0.2) is 0 Å². The summed E-state index contributed by atoms with van der Waals surface area (Å²) in [5.74, 6) is 0. The second-order valence-corrected chi connectivity index (χ2v) is 16.1. The van der Waals surface area contributed by atoms with Crippen molar-refractivity contribution in [2.45, 2.75) is 54.4 Å². The second kappa shape index (κ2) is 17.9. The van der Waals surface area contributed by atoms with Crippen molar-refractivity contribution in [1.82, 2.24) is 0 Å². The van der Waals surface area contributed by atoms with Crippen LogP contribution in [0.3, 0.4) is 0 Å². The molecule has 2 heteroatoms. The van der Waals surface area contributed by atoms with Crippen LogP contribution >= 0.6 is 0 Å². The molecule has 0 radical (unpaired) electrons. The van der Waals surface area contributed by atoms with Gasteiger partial charge in [0.1, 0.15) is 0 Å². The molecule has 8 aromatic rings. The van der Waals surface area contributed by atoms with Gasteiger partial charge < -0.3 is 9.80 Å². The van der Waals surface area contributed by atoms with Gasteiger partial charge in [0, 0.05) is 34.1 Å². The Labute approximate surface area is 357 Å². The molecule has 0 saturated heterocycles. The molecule has 0 atom stereocenters. The van der Waals surface area contributed by atoms with Crippen LogP contribution in [0.2, 0.25) is 0 Å². The summed E-state index contributed by atoms with van der Waals surface area (Å²) in [4.78, 5) is 4.74. The monoisotopic (exact) mass is 778 g/mol. The molecule has 0 fully saturated rings. The van der Waals surface area contributed by atoms with Crippen molar-refractivity contribution in [3.8, 4) is 22.3 Å². The van der Waals surface area contributed by atoms with E-state index in [0.29, 0.717) is 0 Å². The molecule has 0 heterocycles. The molecule has 0 unspecified atom stereocenters. The Morgan fingerprint density at radius 2 is 0.783 bits per heavy atom. The third kappa shape index (κ3) is 9.04. The summed E-state index contributed by atoms with van der Waals surface area (Å²) in [6, 6.07) is 66.9. The number of anilines is 6. The third-order valence-electron chi connectivity index (χ3n) is 11.5. The molecule has 2 nitrogen and oxygen atoms in total. The Kier molecular flexibility index (Phi) is 11.9. The lowest BCUT2D eigenvalue weighted by Crippen LogP contribution is -2.11. The van der Waals surface area contributed by atoms with Gasteiger partial charge in [0.2, 0.25) is 0 Å². The van der Waals surface area contributed by atoms with E-state index in [1.165, 1.54) is 78.1 Å². The lowest BCUT2D eigenvalue weighted by Gasteiger charge is -2.27. The predicted octanol–water partition coefficient (Wildman–Crippen LogP) is 16.3. The highest BCUT2D eigenvalue weighted by Crippen LogP contribution is 2.40. The molecule has 0 aliphatic rings. The summed E-state index contributed by atoms with van der Waals surface area (Å²) >= 11 is 0. The van der Waals surface area contributed by atoms with Gasteiger partial charge in [-0.1, -0.05) is 157 Å². The Morgan fingerprint density at radius 1 is 0.383 bits per heavy atom. The Hall–Kier alpha value is -6.90. The van der Waals surface area contributed by atoms with Crippen LogP contribution in [-0.4, -0.2) is 0 Å². The summed E-state index contributed by atoms with van der Waals surface area (Å²) in [6.07, 6.45) is 6.42. The normalized spacial score (nSPS) is 11.2. The van der Waals surface area contributed by atoms with Crippen LogP contribution in [0.15, 0.2) is 188 Å². The Morgan fingerprint density at radius 3 is 1.20 bits per heavy atom. The highest BCUT2D eigenvalue weighted by Gasteiger charge is 2.17. The van der Waals surface area contributed by atoms with Crippen LogP contribution in [0.25, 0.3) is 28.3 Å². The number of hydrogen-bond donors (Lipinski definition) is 0. The largest absolute Gasteiger partial charge is 0.310 e. The van der Waals surface area contributed by atoms with E-state index in [2.05, 4.69) is 245 Å². The van der Waals surface area contributed by atoms with Gasteiger partial charge in [0.05, 0.1) is 0 Å².